The molecule has 2 rings (SSSR count). The first-order valence-electron chi connectivity index (χ1n) is 6.29. The van der Waals surface area contributed by atoms with Crippen molar-refractivity contribution in [1.82, 2.24) is 9.80 Å². The van der Waals surface area contributed by atoms with Crippen LogP contribution in [0, 0.1) is 0 Å². The first kappa shape index (κ1) is 12.3. The fraction of sp³-hybridized carbons (Fsp3) is 0.467. The van der Waals surface area contributed by atoms with Gasteiger partial charge in [-0.15, -0.1) is 6.58 Å². The molecule has 1 heterocycles. The summed E-state index contributed by atoms with van der Waals surface area (Å²) in [6, 6.07) is 10.7. The maximum atomic E-state index is 4.05. The molecule has 17 heavy (non-hydrogen) atoms. The summed E-state index contributed by atoms with van der Waals surface area (Å²) in [5, 5.41) is 0. The maximum Gasteiger partial charge on any atom is 0.0614 e. The van der Waals surface area contributed by atoms with Gasteiger partial charge in [-0.05, 0) is 19.5 Å². The molecule has 1 atom stereocenters. The zero-order chi connectivity index (χ0) is 12.3. The minimum atomic E-state index is -0.0392. The molecule has 0 radical (unpaired) electrons. The maximum absolute atomic E-state index is 4.05. The second kappa shape index (κ2) is 5.03. The van der Waals surface area contributed by atoms with Crippen molar-refractivity contribution in [3.05, 3.63) is 48.6 Å². The molecule has 1 aliphatic heterocycles. The van der Waals surface area contributed by atoms with Gasteiger partial charge in [0.15, 0.2) is 0 Å². The van der Waals surface area contributed by atoms with E-state index in [1.54, 1.807) is 0 Å². The predicted molar refractivity (Wildman–Crippen MR) is 73.1 cm³/mol. The first-order valence-corrected chi connectivity index (χ1v) is 6.29. The molecule has 2 heteroatoms. The van der Waals surface area contributed by atoms with Crippen molar-refractivity contribution in [2.45, 2.75) is 12.5 Å². The van der Waals surface area contributed by atoms with Gasteiger partial charge in [0.05, 0.1) is 5.54 Å². The summed E-state index contributed by atoms with van der Waals surface area (Å²) in [7, 11) is 2.19. The van der Waals surface area contributed by atoms with Crippen molar-refractivity contribution in [3.63, 3.8) is 0 Å². The molecule has 1 aromatic rings. The van der Waals surface area contributed by atoms with E-state index < -0.39 is 0 Å². The zero-order valence-electron chi connectivity index (χ0n) is 10.9. The monoisotopic (exact) mass is 230 g/mol. The smallest absolute Gasteiger partial charge is 0.0614 e. The van der Waals surface area contributed by atoms with Crippen LogP contribution in [0.3, 0.4) is 0 Å². The molecule has 1 aromatic carbocycles. The van der Waals surface area contributed by atoms with Gasteiger partial charge in [0.2, 0.25) is 0 Å². The molecule has 0 aliphatic carbocycles. The summed E-state index contributed by atoms with van der Waals surface area (Å²) in [4.78, 5) is 4.90. The fourth-order valence-corrected chi connectivity index (χ4v) is 2.48. The van der Waals surface area contributed by atoms with Gasteiger partial charge in [0, 0.05) is 26.2 Å². The number of piperazine rings is 1. The molecule has 1 fully saturated rings. The van der Waals surface area contributed by atoms with E-state index in [-0.39, 0.29) is 5.54 Å². The van der Waals surface area contributed by atoms with Crippen LogP contribution in [0.2, 0.25) is 0 Å². The molecular formula is C15H22N2. The molecule has 1 aliphatic rings. The third-order valence-corrected chi connectivity index (χ3v) is 3.92. The SMILES string of the molecule is C=CC(C)(c1ccccc1)N1CCN(C)CC1. The van der Waals surface area contributed by atoms with Crippen LogP contribution in [-0.2, 0) is 5.54 Å². The standard InChI is InChI=1S/C15H22N2/c1-4-15(2,14-8-6-5-7-9-14)17-12-10-16(3)11-13-17/h4-9H,1,10-13H2,2-3H3. The summed E-state index contributed by atoms with van der Waals surface area (Å²) in [6.07, 6.45) is 2.08. The van der Waals surface area contributed by atoms with Crippen molar-refractivity contribution in [2.24, 2.45) is 0 Å². The number of hydrogen-bond acceptors (Lipinski definition) is 2. The number of hydrogen-bond donors (Lipinski definition) is 0. The van der Waals surface area contributed by atoms with Gasteiger partial charge in [-0.2, -0.15) is 0 Å². The summed E-state index contributed by atoms with van der Waals surface area (Å²) in [5.74, 6) is 0. The normalized spacial score (nSPS) is 22.0. The molecule has 92 valence electrons. The van der Waals surface area contributed by atoms with E-state index in [4.69, 9.17) is 0 Å². The third-order valence-electron chi connectivity index (χ3n) is 3.92. The second-order valence-corrected chi connectivity index (χ2v) is 5.01. The summed E-state index contributed by atoms with van der Waals surface area (Å²) in [5.41, 5.74) is 1.29. The van der Waals surface area contributed by atoms with Crippen LogP contribution in [0.1, 0.15) is 12.5 Å². The molecule has 0 aromatic heterocycles. The van der Waals surface area contributed by atoms with Gasteiger partial charge < -0.3 is 4.90 Å². The van der Waals surface area contributed by atoms with Crippen LogP contribution in [0.25, 0.3) is 0 Å². The lowest BCUT2D eigenvalue weighted by Gasteiger charge is -2.44. The number of benzene rings is 1. The average Bonchev–Trinajstić information content (AvgIpc) is 2.40. The Morgan fingerprint density at radius 2 is 1.71 bits per heavy atom. The summed E-state index contributed by atoms with van der Waals surface area (Å²) < 4.78 is 0. The van der Waals surface area contributed by atoms with E-state index in [0.717, 1.165) is 26.2 Å². The van der Waals surface area contributed by atoms with Gasteiger partial charge in [-0.3, -0.25) is 4.90 Å². The topological polar surface area (TPSA) is 6.48 Å². The van der Waals surface area contributed by atoms with Crippen LogP contribution in [0.4, 0.5) is 0 Å². The minimum Gasteiger partial charge on any atom is -0.304 e. The van der Waals surface area contributed by atoms with Crippen molar-refractivity contribution < 1.29 is 0 Å². The van der Waals surface area contributed by atoms with Crippen molar-refractivity contribution in [2.75, 3.05) is 33.2 Å². The Kier molecular flexibility index (Phi) is 3.65. The largest absolute Gasteiger partial charge is 0.304 e. The van der Waals surface area contributed by atoms with E-state index in [1.807, 2.05) is 0 Å². The average molecular weight is 230 g/mol. The van der Waals surface area contributed by atoms with Crippen molar-refractivity contribution in [3.8, 4) is 0 Å². The molecule has 0 bridgehead atoms. The Morgan fingerprint density at radius 3 is 2.24 bits per heavy atom. The van der Waals surface area contributed by atoms with E-state index >= 15 is 0 Å². The van der Waals surface area contributed by atoms with Crippen LogP contribution >= 0.6 is 0 Å². The quantitative estimate of drug-likeness (QED) is 0.735. The van der Waals surface area contributed by atoms with Gasteiger partial charge in [-0.25, -0.2) is 0 Å². The van der Waals surface area contributed by atoms with Crippen LogP contribution < -0.4 is 0 Å². The number of likely N-dealkylation sites (N-methyl/N-ethyl adjacent to an activating group) is 1. The molecule has 0 saturated carbocycles. The first-order chi connectivity index (χ1) is 8.16. The molecule has 1 saturated heterocycles. The highest BCUT2D eigenvalue weighted by Gasteiger charge is 2.32. The van der Waals surface area contributed by atoms with Gasteiger partial charge in [0.25, 0.3) is 0 Å². The Bertz CT molecular complexity index is 366. The predicted octanol–water partition coefficient (Wildman–Crippen LogP) is 2.34. The molecule has 0 N–H and O–H groups in total. The lowest BCUT2D eigenvalue weighted by molar-refractivity contribution is 0.0784. The molecule has 0 amide bonds. The van der Waals surface area contributed by atoms with Crippen LogP contribution in [0.5, 0.6) is 0 Å². The lowest BCUT2D eigenvalue weighted by Crippen LogP contribution is -2.52. The third kappa shape index (κ3) is 2.43. The van der Waals surface area contributed by atoms with Gasteiger partial charge in [0.1, 0.15) is 0 Å². The lowest BCUT2D eigenvalue weighted by atomic mass is 9.89. The Morgan fingerprint density at radius 1 is 1.12 bits per heavy atom. The fourth-order valence-electron chi connectivity index (χ4n) is 2.48. The number of rotatable bonds is 3. The van der Waals surface area contributed by atoms with Gasteiger partial charge >= 0.3 is 0 Å². The highest BCUT2D eigenvalue weighted by molar-refractivity contribution is 5.28. The highest BCUT2D eigenvalue weighted by atomic mass is 15.3. The van der Waals surface area contributed by atoms with E-state index in [1.165, 1.54) is 5.56 Å². The van der Waals surface area contributed by atoms with E-state index in [9.17, 15) is 0 Å². The molecule has 0 spiro atoms. The van der Waals surface area contributed by atoms with Crippen molar-refractivity contribution in [1.29, 1.82) is 0 Å². The Hall–Kier alpha value is -1.12. The summed E-state index contributed by atoms with van der Waals surface area (Å²) >= 11 is 0. The Balaban J connectivity index is 2.22. The molecule has 1 unspecified atom stereocenters. The summed E-state index contributed by atoms with van der Waals surface area (Å²) in [6.45, 7) is 10.8. The second-order valence-electron chi connectivity index (χ2n) is 5.01. The van der Waals surface area contributed by atoms with Gasteiger partial charge in [-0.1, -0.05) is 36.4 Å². The molecular weight excluding hydrogens is 208 g/mol. The minimum absolute atomic E-state index is 0.0392. The molecule has 2 nitrogen and oxygen atoms in total. The van der Waals surface area contributed by atoms with Crippen molar-refractivity contribution >= 4 is 0 Å². The number of nitrogens with zero attached hydrogens (tertiary/aromatic N) is 2. The van der Waals surface area contributed by atoms with Crippen LogP contribution in [0.15, 0.2) is 43.0 Å². The van der Waals surface area contributed by atoms with E-state index in [2.05, 4.69) is 66.8 Å². The van der Waals surface area contributed by atoms with E-state index in [0.29, 0.717) is 0 Å². The van der Waals surface area contributed by atoms with Crippen LogP contribution in [-0.4, -0.2) is 43.0 Å². The zero-order valence-corrected chi connectivity index (χ0v) is 10.9. The highest BCUT2D eigenvalue weighted by Crippen LogP contribution is 2.30. The Labute approximate surface area is 105 Å².